The van der Waals surface area contributed by atoms with E-state index in [1.165, 1.54) is 12.3 Å². The molecule has 0 aromatic rings. The minimum Gasteiger partial charge on any atom is -0.624 e. The van der Waals surface area contributed by atoms with Crippen molar-refractivity contribution < 1.29 is 9.66 Å². The Bertz CT molecular complexity index is 219. The molecular weight excluding hydrogens is 136 g/mol. The van der Waals surface area contributed by atoms with Gasteiger partial charge in [-0.1, -0.05) is 0 Å². The molecule has 54 valence electrons. The molecule has 0 spiro atoms. The topological polar surface area (TPSA) is 69.2 Å². The van der Waals surface area contributed by atoms with Gasteiger partial charge in [0.1, 0.15) is 0 Å². The Hall–Kier alpha value is -1.39. The summed E-state index contributed by atoms with van der Waals surface area (Å²) in [6.45, 7) is 0.187. The molecule has 0 aromatic heterocycles. The first-order valence-electron chi connectivity index (χ1n) is 2.82. The van der Waals surface area contributed by atoms with Crippen LogP contribution in [0.15, 0.2) is 11.8 Å². The van der Waals surface area contributed by atoms with Crippen LogP contribution < -0.4 is 0 Å². The minimum absolute atomic E-state index is 0.104. The number of nitro groups is 1. The molecule has 1 rings (SSSR count). The van der Waals surface area contributed by atoms with Crippen molar-refractivity contribution in [3.05, 3.63) is 27.1 Å². The second kappa shape index (κ2) is 2.47. The molecule has 0 atom stereocenters. The van der Waals surface area contributed by atoms with Crippen molar-refractivity contribution in [3.63, 3.8) is 0 Å². The first kappa shape index (κ1) is 6.73. The number of nitrogens with zero attached hydrogens (tertiary/aromatic N) is 2. The zero-order chi connectivity index (χ0) is 7.56. The molecule has 1 heterocycles. The second-order valence-electron chi connectivity index (χ2n) is 1.95. The monoisotopic (exact) mass is 142 g/mol. The van der Waals surface area contributed by atoms with E-state index in [0.29, 0.717) is 4.74 Å². The summed E-state index contributed by atoms with van der Waals surface area (Å²) in [6.07, 6.45) is 2.63. The predicted molar refractivity (Wildman–Crippen MR) is 34.3 cm³/mol. The molecule has 0 fully saturated rings. The zero-order valence-corrected chi connectivity index (χ0v) is 5.19. The molecule has 0 amide bonds. The largest absolute Gasteiger partial charge is 0.624 e. The van der Waals surface area contributed by atoms with Gasteiger partial charge in [-0.15, -0.1) is 0 Å². The first-order chi connectivity index (χ1) is 4.70. The maximum Gasteiger partial charge on any atom is 0.258 e. The molecule has 0 N–H and O–H groups in total. The van der Waals surface area contributed by atoms with Crippen molar-refractivity contribution in [2.45, 2.75) is 6.42 Å². The fraction of sp³-hybridized carbons (Fsp3) is 0.400. The number of hydrogen-bond acceptors (Lipinski definition) is 3. The Morgan fingerprint density at radius 3 is 2.80 bits per heavy atom. The van der Waals surface area contributed by atoms with Crippen LogP contribution in [0, 0.1) is 15.3 Å². The van der Waals surface area contributed by atoms with Crippen LogP contribution in [-0.4, -0.2) is 22.4 Å². The van der Waals surface area contributed by atoms with Crippen LogP contribution in [0.4, 0.5) is 0 Å². The molecule has 0 unspecified atom stereocenters. The Balaban J connectivity index is 2.74. The van der Waals surface area contributed by atoms with Crippen molar-refractivity contribution in [1.82, 2.24) is 0 Å². The van der Waals surface area contributed by atoms with E-state index < -0.39 is 4.92 Å². The third-order valence-electron chi connectivity index (χ3n) is 1.26. The highest BCUT2D eigenvalue weighted by molar-refractivity contribution is 5.67. The SMILES string of the molecule is O=[N+]([O-])C1=CC=[N+]([O-])CC1. The summed E-state index contributed by atoms with van der Waals surface area (Å²) in [4.78, 5) is 9.59. The van der Waals surface area contributed by atoms with E-state index in [-0.39, 0.29) is 18.7 Å². The fourth-order valence-electron chi connectivity index (χ4n) is 0.704. The summed E-state index contributed by atoms with van der Waals surface area (Å²) >= 11 is 0. The second-order valence-corrected chi connectivity index (χ2v) is 1.95. The Labute approximate surface area is 57.0 Å². The maximum atomic E-state index is 10.4. The molecule has 0 bridgehead atoms. The van der Waals surface area contributed by atoms with E-state index >= 15 is 0 Å². The quantitative estimate of drug-likeness (QED) is 0.226. The molecule has 5 nitrogen and oxygen atoms in total. The number of rotatable bonds is 1. The van der Waals surface area contributed by atoms with Gasteiger partial charge in [0.2, 0.25) is 0 Å². The average molecular weight is 142 g/mol. The summed E-state index contributed by atoms with van der Waals surface area (Å²) < 4.78 is 0.674. The summed E-state index contributed by atoms with van der Waals surface area (Å²) in [5, 5.41) is 20.5. The van der Waals surface area contributed by atoms with Gasteiger partial charge in [0.05, 0.1) is 17.4 Å². The highest BCUT2D eigenvalue weighted by atomic mass is 16.6. The van der Waals surface area contributed by atoms with E-state index in [9.17, 15) is 15.3 Å². The molecule has 5 heteroatoms. The van der Waals surface area contributed by atoms with E-state index in [2.05, 4.69) is 0 Å². The maximum absolute atomic E-state index is 10.4. The molecule has 0 aromatic carbocycles. The number of allylic oxidation sites excluding steroid dienone is 1. The van der Waals surface area contributed by atoms with Crippen LogP contribution in [0.5, 0.6) is 0 Å². The predicted octanol–water partition coefficient (Wildman–Crippen LogP) is 0.132. The average Bonchev–Trinajstić information content (AvgIpc) is 1.88. The lowest BCUT2D eigenvalue weighted by atomic mass is 10.3. The van der Waals surface area contributed by atoms with Crippen molar-refractivity contribution in [2.24, 2.45) is 0 Å². The van der Waals surface area contributed by atoms with Gasteiger partial charge < -0.3 is 5.21 Å². The van der Waals surface area contributed by atoms with Crippen molar-refractivity contribution in [1.29, 1.82) is 0 Å². The molecular formula is C5H6N2O3. The van der Waals surface area contributed by atoms with E-state index in [1.54, 1.807) is 0 Å². The number of hydroxylamine groups is 1. The summed E-state index contributed by atoms with van der Waals surface area (Å²) in [7, 11) is 0. The van der Waals surface area contributed by atoms with Gasteiger partial charge in [-0.2, -0.15) is 0 Å². The highest BCUT2D eigenvalue weighted by Gasteiger charge is 2.15. The van der Waals surface area contributed by atoms with E-state index in [1.807, 2.05) is 0 Å². The van der Waals surface area contributed by atoms with Crippen LogP contribution in [-0.2, 0) is 0 Å². The van der Waals surface area contributed by atoms with Gasteiger partial charge in [-0.05, 0) is 0 Å². The van der Waals surface area contributed by atoms with E-state index in [4.69, 9.17) is 0 Å². The van der Waals surface area contributed by atoms with Crippen LogP contribution in [0.3, 0.4) is 0 Å². The van der Waals surface area contributed by atoms with Gasteiger partial charge in [-0.3, -0.25) is 10.1 Å². The Morgan fingerprint density at radius 2 is 2.40 bits per heavy atom. The van der Waals surface area contributed by atoms with Crippen LogP contribution in [0.1, 0.15) is 6.42 Å². The van der Waals surface area contributed by atoms with Gasteiger partial charge in [0, 0.05) is 0 Å². The van der Waals surface area contributed by atoms with Crippen molar-refractivity contribution in [3.8, 4) is 0 Å². The van der Waals surface area contributed by atoms with Gasteiger partial charge in [0.15, 0.2) is 12.8 Å². The summed E-state index contributed by atoms with van der Waals surface area (Å²) in [5.74, 6) is 0. The molecule has 0 saturated carbocycles. The molecule has 10 heavy (non-hydrogen) atoms. The van der Waals surface area contributed by atoms with Crippen LogP contribution in [0.2, 0.25) is 0 Å². The zero-order valence-electron chi connectivity index (χ0n) is 5.19. The Kier molecular flexibility index (Phi) is 1.66. The Morgan fingerprint density at radius 1 is 1.70 bits per heavy atom. The first-order valence-corrected chi connectivity index (χ1v) is 2.82. The van der Waals surface area contributed by atoms with Gasteiger partial charge in [-0.25, -0.2) is 4.74 Å². The third kappa shape index (κ3) is 1.31. The van der Waals surface area contributed by atoms with Gasteiger partial charge >= 0.3 is 0 Å². The lowest BCUT2D eigenvalue weighted by Crippen LogP contribution is -2.15. The molecule has 1 aliphatic heterocycles. The van der Waals surface area contributed by atoms with E-state index in [0.717, 1.165) is 0 Å². The molecule has 0 saturated heterocycles. The van der Waals surface area contributed by atoms with Crippen molar-refractivity contribution in [2.75, 3.05) is 6.54 Å². The highest BCUT2D eigenvalue weighted by Crippen LogP contribution is 2.03. The summed E-state index contributed by atoms with van der Waals surface area (Å²) in [6, 6.07) is 0. The van der Waals surface area contributed by atoms with Crippen LogP contribution >= 0.6 is 0 Å². The van der Waals surface area contributed by atoms with Crippen LogP contribution in [0.25, 0.3) is 0 Å². The molecule has 1 aliphatic rings. The van der Waals surface area contributed by atoms with Gasteiger partial charge in [0.25, 0.3) is 5.70 Å². The molecule has 0 radical (unpaired) electrons. The fourth-order valence-corrected chi connectivity index (χ4v) is 0.704. The smallest absolute Gasteiger partial charge is 0.258 e. The standard InChI is InChI=1S/C5H6N2O3/c8-6-3-1-5(2-4-6)7(9)10/h1,3H,2,4H2. The lowest BCUT2D eigenvalue weighted by molar-refractivity contribution is -0.474. The third-order valence-corrected chi connectivity index (χ3v) is 1.26. The lowest BCUT2D eigenvalue weighted by Gasteiger charge is -2.04. The molecule has 0 aliphatic carbocycles. The number of hydrogen-bond donors (Lipinski definition) is 0. The minimum atomic E-state index is -0.469. The normalized spacial score (nSPS) is 17.6. The summed E-state index contributed by atoms with van der Waals surface area (Å²) in [5.41, 5.74) is 0.104. The van der Waals surface area contributed by atoms with Crippen molar-refractivity contribution >= 4 is 6.21 Å².